The first kappa shape index (κ1) is 51.3. The Morgan fingerprint density at radius 3 is 0.635 bits per heavy atom. The van der Waals surface area contributed by atoms with Gasteiger partial charge in [-0.3, -0.25) is 0 Å². The summed E-state index contributed by atoms with van der Waals surface area (Å²) in [6, 6.07) is 9.18. The first-order valence-corrected chi connectivity index (χ1v) is 22.8. The number of hydrogen-bond acceptors (Lipinski definition) is 0. The van der Waals surface area contributed by atoms with Gasteiger partial charge in [-0.15, -0.1) is 0 Å². The Morgan fingerprint density at radius 2 is 0.442 bits per heavy atom. The van der Waals surface area contributed by atoms with Crippen molar-refractivity contribution >= 4 is 0 Å². The van der Waals surface area contributed by atoms with E-state index in [1.165, 1.54) is 229 Å². The first-order valence-electron chi connectivity index (χ1n) is 22.8. The minimum absolute atomic E-state index is 0. The summed E-state index contributed by atoms with van der Waals surface area (Å²) in [5.41, 5.74) is 2.65. The van der Waals surface area contributed by atoms with Crippen molar-refractivity contribution in [2.45, 2.75) is 245 Å². The quantitative estimate of drug-likeness (QED) is 0.0474. The molecule has 0 spiro atoms. The maximum atomic E-state index is 2.37. The van der Waals surface area contributed by atoms with Crippen LogP contribution in [0.3, 0.4) is 0 Å². The van der Waals surface area contributed by atoms with E-state index in [4.69, 9.17) is 0 Å². The molecule has 2 nitrogen and oxygen atoms in total. The van der Waals surface area contributed by atoms with Gasteiger partial charge in [0.15, 0.2) is 24.8 Å². The van der Waals surface area contributed by atoms with E-state index in [9.17, 15) is 0 Å². The Labute approximate surface area is 346 Å². The second kappa shape index (κ2) is 39.9. The van der Waals surface area contributed by atoms with Crippen LogP contribution >= 0.6 is 0 Å². The normalized spacial score (nSPS) is 11.0. The standard InChI is InChI=1S/C48H86N2.2BrH/c1-3-5-7-9-11-13-15-17-19-21-23-25-27-29-31-33-35-41-49-43-37-47(38-44-49)48-39-45-50(46-40-48)42-36-34-32-30-28-26-24-22-20-18-16-14-12-10-8-6-4-2;;/h37-40,43-46H,3-36,41-42H2,1-2H3;2*1H/q+2;;/p-2. The lowest BCUT2D eigenvalue weighted by molar-refractivity contribution is -0.697. The lowest BCUT2D eigenvalue weighted by atomic mass is 10.0. The molecule has 2 heterocycles. The molecule has 2 rings (SSSR count). The number of aromatic nitrogens is 2. The molecule has 0 aliphatic heterocycles. The maximum Gasteiger partial charge on any atom is 0.169 e. The highest BCUT2D eigenvalue weighted by atomic mass is 79.9. The van der Waals surface area contributed by atoms with Crippen LogP contribution in [-0.4, -0.2) is 0 Å². The van der Waals surface area contributed by atoms with Crippen molar-refractivity contribution in [3.8, 4) is 11.1 Å². The molecule has 0 fully saturated rings. The Hall–Kier alpha value is -0.740. The van der Waals surface area contributed by atoms with Gasteiger partial charge in [0, 0.05) is 37.1 Å². The molecule has 0 aromatic carbocycles. The van der Waals surface area contributed by atoms with Crippen LogP contribution in [0.1, 0.15) is 232 Å². The van der Waals surface area contributed by atoms with Crippen molar-refractivity contribution in [2.24, 2.45) is 0 Å². The number of pyridine rings is 2. The van der Waals surface area contributed by atoms with Gasteiger partial charge in [0.05, 0.1) is 0 Å². The predicted octanol–water partition coefficient (Wildman–Crippen LogP) is 9.24. The number of nitrogens with zero attached hydrogens (tertiary/aromatic N) is 2. The Kier molecular flexibility index (Phi) is 39.4. The van der Waals surface area contributed by atoms with Gasteiger partial charge in [0.25, 0.3) is 0 Å². The van der Waals surface area contributed by atoms with Crippen LogP contribution in [0.2, 0.25) is 0 Å². The van der Waals surface area contributed by atoms with E-state index < -0.39 is 0 Å². The van der Waals surface area contributed by atoms with E-state index in [0.717, 1.165) is 13.1 Å². The average molecular weight is 851 g/mol. The fraction of sp³-hybridized carbons (Fsp3) is 0.792. The van der Waals surface area contributed by atoms with Crippen LogP contribution in [0.5, 0.6) is 0 Å². The Bertz CT molecular complexity index is 882. The molecule has 0 atom stereocenters. The lowest BCUT2D eigenvalue weighted by Crippen LogP contribution is -3.00. The van der Waals surface area contributed by atoms with Gasteiger partial charge in [0.2, 0.25) is 0 Å². The molecule has 4 heteroatoms. The van der Waals surface area contributed by atoms with Crippen LogP contribution in [0, 0.1) is 0 Å². The maximum absolute atomic E-state index is 2.37. The minimum atomic E-state index is 0. The Morgan fingerprint density at radius 1 is 0.269 bits per heavy atom. The van der Waals surface area contributed by atoms with Crippen molar-refractivity contribution in [2.75, 3.05) is 0 Å². The molecule has 2 aromatic heterocycles. The van der Waals surface area contributed by atoms with E-state index in [-0.39, 0.29) is 34.0 Å². The topological polar surface area (TPSA) is 7.76 Å². The third-order valence-corrected chi connectivity index (χ3v) is 11.2. The van der Waals surface area contributed by atoms with Gasteiger partial charge in [-0.25, -0.2) is 9.13 Å². The predicted molar refractivity (Wildman–Crippen MR) is 221 cm³/mol. The number of rotatable bonds is 37. The van der Waals surface area contributed by atoms with E-state index in [1.54, 1.807) is 0 Å². The van der Waals surface area contributed by atoms with Gasteiger partial charge in [-0.2, -0.15) is 0 Å². The molecule has 0 N–H and O–H groups in total. The summed E-state index contributed by atoms with van der Waals surface area (Å²) in [7, 11) is 0. The van der Waals surface area contributed by atoms with Crippen LogP contribution < -0.4 is 43.1 Å². The largest absolute Gasteiger partial charge is 1.00 e. The van der Waals surface area contributed by atoms with Crippen molar-refractivity contribution in [3.05, 3.63) is 49.1 Å². The summed E-state index contributed by atoms with van der Waals surface area (Å²) in [6.45, 7) is 6.90. The van der Waals surface area contributed by atoms with Gasteiger partial charge < -0.3 is 34.0 Å². The molecule has 0 aliphatic rings. The molecule has 0 unspecified atom stereocenters. The molecule has 0 radical (unpaired) electrons. The molecule has 0 saturated carbocycles. The zero-order valence-corrected chi connectivity index (χ0v) is 37.9. The third kappa shape index (κ3) is 30.6. The number of halogens is 2. The fourth-order valence-electron chi connectivity index (χ4n) is 7.64. The zero-order valence-electron chi connectivity index (χ0n) is 34.7. The molecule has 0 bridgehead atoms. The third-order valence-electron chi connectivity index (χ3n) is 11.2. The number of hydrogen-bond donors (Lipinski definition) is 0. The molecular weight excluding hydrogens is 764 g/mol. The summed E-state index contributed by atoms with van der Waals surface area (Å²) < 4.78 is 4.74. The van der Waals surface area contributed by atoms with E-state index in [2.05, 4.69) is 72.0 Å². The molecule has 52 heavy (non-hydrogen) atoms. The first-order chi connectivity index (χ1) is 24.8. The fourth-order valence-corrected chi connectivity index (χ4v) is 7.64. The van der Waals surface area contributed by atoms with Crippen molar-refractivity contribution in [1.82, 2.24) is 0 Å². The molecule has 2 aromatic rings. The van der Waals surface area contributed by atoms with E-state index in [0.29, 0.717) is 0 Å². The lowest BCUT2D eigenvalue weighted by Gasteiger charge is -2.04. The van der Waals surface area contributed by atoms with Crippen LogP contribution in [-0.2, 0) is 13.1 Å². The summed E-state index contributed by atoms with van der Waals surface area (Å²) in [6.07, 6.45) is 57.9. The number of aryl methyl sites for hydroxylation is 2. The van der Waals surface area contributed by atoms with Gasteiger partial charge in [-0.05, 0) is 24.0 Å². The minimum Gasteiger partial charge on any atom is -1.00 e. The average Bonchev–Trinajstić information content (AvgIpc) is 3.14. The van der Waals surface area contributed by atoms with Crippen LogP contribution in [0.4, 0.5) is 0 Å². The van der Waals surface area contributed by atoms with Gasteiger partial charge in [0.1, 0.15) is 13.1 Å². The van der Waals surface area contributed by atoms with Crippen molar-refractivity contribution < 1.29 is 43.1 Å². The molecule has 0 amide bonds. The Balaban J connectivity index is 0.0000130. The molecule has 0 aliphatic carbocycles. The highest BCUT2D eigenvalue weighted by molar-refractivity contribution is 5.60. The summed E-state index contributed by atoms with van der Waals surface area (Å²) in [4.78, 5) is 0. The molecule has 0 saturated heterocycles. The summed E-state index contributed by atoms with van der Waals surface area (Å²) in [5.74, 6) is 0. The summed E-state index contributed by atoms with van der Waals surface area (Å²) in [5, 5.41) is 0. The van der Waals surface area contributed by atoms with E-state index >= 15 is 0 Å². The highest BCUT2D eigenvalue weighted by Gasteiger charge is 2.06. The summed E-state index contributed by atoms with van der Waals surface area (Å²) >= 11 is 0. The van der Waals surface area contributed by atoms with Crippen molar-refractivity contribution in [1.29, 1.82) is 0 Å². The SMILES string of the molecule is CCCCCCCCCCCCCCCCCCC[n+]1ccc(-c2cc[n+](CCCCCCCCCCCCCCCCCCC)cc2)cc1.[Br-].[Br-]. The van der Waals surface area contributed by atoms with Crippen LogP contribution in [0.25, 0.3) is 11.1 Å². The smallest absolute Gasteiger partial charge is 0.169 e. The second-order valence-electron chi connectivity index (χ2n) is 16.0. The van der Waals surface area contributed by atoms with Gasteiger partial charge >= 0.3 is 0 Å². The molecule has 302 valence electrons. The highest BCUT2D eigenvalue weighted by Crippen LogP contribution is 2.18. The van der Waals surface area contributed by atoms with Crippen molar-refractivity contribution in [3.63, 3.8) is 0 Å². The van der Waals surface area contributed by atoms with E-state index in [1.807, 2.05) is 0 Å². The zero-order chi connectivity index (χ0) is 35.4. The number of unbranched alkanes of at least 4 members (excludes halogenated alkanes) is 32. The monoisotopic (exact) mass is 849 g/mol. The van der Waals surface area contributed by atoms with Gasteiger partial charge in [-0.1, -0.05) is 206 Å². The molecular formula is C48H86Br2N2. The second-order valence-corrected chi connectivity index (χ2v) is 16.0. The van der Waals surface area contributed by atoms with Crippen LogP contribution in [0.15, 0.2) is 49.1 Å².